The highest BCUT2D eigenvalue weighted by Crippen LogP contribution is 2.30. The number of cyclic esters (lactones) is 1. The van der Waals surface area contributed by atoms with Gasteiger partial charge in [-0.1, -0.05) is 24.1 Å². The van der Waals surface area contributed by atoms with E-state index in [0.717, 1.165) is 5.56 Å². The molecule has 0 saturated carbocycles. The molecule has 0 bridgehead atoms. The maximum atomic E-state index is 11.3. The molecule has 0 fully saturated rings. The molecule has 1 aliphatic rings. The fourth-order valence-electron chi connectivity index (χ4n) is 1.36. The number of terminal acetylenes is 1. The van der Waals surface area contributed by atoms with Gasteiger partial charge in [-0.05, 0) is 6.07 Å². The topological polar surface area (TPSA) is 35.5 Å². The maximum absolute atomic E-state index is 11.3. The summed E-state index contributed by atoms with van der Waals surface area (Å²) in [5.74, 6) is 1.97. The van der Waals surface area contributed by atoms with Crippen molar-refractivity contribution in [3.63, 3.8) is 0 Å². The van der Waals surface area contributed by atoms with E-state index in [1.807, 2.05) is 6.07 Å². The molecule has 1 aromatic carbocycles. The van der Waals surface area contributed by atoms with Gasteiger partial charge in [0, 0.05) is 5.56 Å². The molecule has 1 atom stereocenters. The first-order valence-electron chi connectivity index (χ1n) is 4.18. The van der Waals surface area contributed by atoms with Crippen LogP contribution in [-0.4, -0.2) is 12.6 Å². The second kappa shape index (κ2) is 3.52. The van der Waals surface area contributed by atoms with Crippen LogP contribution in [0.3, 0.4) is 0 Å². The lowest BCUT2D eigenvalue weighted by Gasteiger charge is -2.08. The van der Waals surface area contributed by atoms with E-state index in [4.69, 9.17) is 15.9 Å². The minimum Gasteiger partial charge on any atom is -0.428 e. The van der Waals surface area contributed by atoms with Crippen molar-refractivity contribution in [2.24, 2.45) is 0 Å². The number of hydrogen-bond donors (Lipinski definition) is 0. The molecule has 14 heavy (non-hydrogen) atoms. The van der Waals surface area contributed by atoms with E-state index in [0.29, 0.717) is 5.56 Å². The number of carbonyl (C=O) groups excluding carboxylic acids is 1. The predicted octanol–water partition coefficient (Wildman–Crippen LogP) is 1.51. The quantitative estimate of drug-likeness (QED) is 0.521. The van der Waals surface area contributed by atoms with Crippen molar-refractivity contribution in [3.05, 3.63) is 35.4 Å². The minimum absolute atomic E-state index is 0.131. The molecule has 0 saturated heterocycles. The first-order chi connectivity index (χ1) is 6.83. The van der Waals surface area contributed by atoms with Gasteiger partial charge in [-0.3, -0.25) is 0 Å². The van der Waals surface area contributed by atoms with Crippen molar-refractivity contribution in [1.82, 2.24) is 0 Å². The molecule has 0 amide bonds. The Balaban J connectivity index is 2.26. The third kappa shape index (κ3) is 1.36. The molecule has 3 nitrogen and oxygen atoms in total. The van der Waals surface area contributed by atoms with Gasteiger partial charge in [-0.2, -0.15) is 0 Å². The normalized spacial score (nSPS) is 18.5. The number of hydrogen-bond acceptors (Lipinski definition) is 3. The first-order valence-corrected chi connectivity index (χ1v) is 4.18. The number of ether oxygens (including phenoxy) is 2. The Morgan fingerprint density at radius 1 is 1.50 bits per heavy atom. The average molecular weight is 188 g/mol. The van der Waals surface area contributed by atoms with Crippen LogP contribution in [0.1, 0.15) is 22.2 Å². The van der Waals surface area contributed by atoms with Gasteiger partial charge in [0.2, 0.25) is 6.29 Å². The molecular weight excluding hydrogens is 180 g/mol. The maximum Gasteiger partial charge on any atom is 0.341 e. The van der Waals surface area contributed by atoms with Crippen molar-refractivity contribution in [3.8, 4) is 12.3 Å². The standard InChI is InChI=1S/C11H8O3/c1-2-7-13-11-9-6-4-3-5-8(9)10(12)14-11/h1,3-6,11H,7H2. The summed E-state index contributed by atoms with van der Waals surface area (Å²) >= 11 is 0. The summed E-state index contributed by atoms with van der Waals surface area (Å²) in [7, 11) is 0. The van der Waals surface area contributed by atoms with Crippen LogP contribution in [-0.2, 0) is 9.47 Å². The van der Waals surface area contributed by atoms with Gasteiger partial charge >= 0.3 is 5.97 Å². The molecule has 0 spiro atoms. The van der Waals surface area contributed by atoms with E-state index in [1.165, 1.54) is 0 Å². The van der Waals surface area contributed by atoms with Gasteiger partial charge in [-0.25, -0.2) is 4.79 Å². The lowest BCUT2D eigenvalue weighted by Crippen LogP contribution is -2.03. The van der Waals surface area contributed by atoms with Crippen LogP contribution in [0.15, 0.2) is 24.3 Å². The molecule has 2 rings (SSSR count). The minimum atomic E-state index is -0.644. The van der Waals surface area contributed by atoms with Crippen LogP contribution < -0.4 is 0 Å². The number of fused-ring (bicyclic) bond motifs is 1. The summed E-state index contributed by atoms with van der Waals surface area (Å²) in [5.41, 5.74) is 1.29. The van der Waals surface area contributed by atoms with Gasteiger partial charge < -0.3 is 9.47 Å². The fraction of sp³-hybridized carbons (Fsp3) is 0.182. The Labute approximate surface area is 81.6 Å². The lowest BCUT2D eigenvalue weighted by atomic mass is 10.1. The summed E-state index contributed by atoms with van der Waals surface area (Å²) < 4.78 is 10.1. The average Bonchev–Trinajstić information content (AvgIpc) is 2.54. The van der Waals surface area contributed by atoms with Crippen molar-refractivity contribution >= 4 is 5.97 Å². The molecular formula is C11H8O3. The van der Waals surface area contributed by atoms with E-state index < -0.39 is 6.29 Å². The van der Waals surface area contributed by atoms with Gasteiger partial charge in [0.15, 0.2) is 0 Å². The molecule has 1 unspecified atom stereocenters. The molecule has 0 aromatic heterocycles. The Hall–Kier alpha value is -1.79. The van der Waals surface area contributed by atoms with Crippen molar-refractivity contribution in [2.45, 2.75) is 6.29 Å². The summed E-state index contributed by atoms with van der Waals surface area (Å²) in [4.78, 5) is 11.3. The Morgan fingerprint density at radius 2 is 2.29 bits per heavy atom. The molecule has 0 aliphatic carbocycles. The summed E-state index contributed by atoms with van der Waals surface area (Å²) in [6.07, 6.45) is 4.40. The van der Waals surface area contributed by atoms with Crippen LogP contribution in [0.5, 0.6) is 0 Å². The van der Waals surface area contributed by atoms with Crippen molar-refractivity contribution in [2.75, 3.05) is 6.61 Å². The summed E-state index contributed by atoms with van der Waals surface area (Å²) in [6.45, 7) is 0.131. The Morgan fingerprint density at radius 3 is 3.07 bits per heavy atom. The molecule has 1 aromatic rings. The number of rotatable bonds is 2. The molecule has 3 heteroatoms. The predicted molar refractivity (Wildman–Crippen MR) is 49.4 cm³/mol. The second-order valence-corrected chi connectivity index (χ2v) is 2.84. The largest absolute Gasteiger partial charge is 0.428 e. The zero-order valence-electron chi connectivity index (χ0n) is 7.40. The molecule has 70 valence electrons. The van der Waals surface area contributed by atoms with Crippen LogP contribution in [0.25, 0.3) is 0 Å². The van der Waals surface area contributed by atoms with Gasteiger partial charge in [0.05, 0.1) is 5.56 Å². The smallest absolute Gasteiger partial charge is 0.341 e. The van der Waals surface area contributed by atoms with E-state index in [-0.39, 0.29) is 12.6 Å². The zero-order valence-corrected chi connectivity index (χ0v) is 7.40. The lowest BCUT2D eigenvalue weighted by molar-refractivity contribution is -0.0926. The number of esters is 1. The summed E-state index contributed by atoms with van der Waals surface area (Å²) in [6, 6.07) is 7.11. The number of benzene rings is 1. The monoisotopic (exact) mass is 188 g/mol. The van der Waals surface area contributed by atoms with Crippen molar-refractivity contribution in [1.29, 1.82) is 0 Å². The van der Waals surface area contributed by atoms with Crippen molar-refractivity contribution < 1.29 is 14.3 Å². The highest BCUT2D eigenvalue weighted by Gasteiger charge is 2.30. The van der Waals surface area contributed by atoms with Crippen LogP contribution in [0, 0.1) is 12.3 Å². The van der Waals surface area contributed by atoms with Gasteiger partial charge in [-0.15, -0.1) is 6.42 Å². The van der Waals surface area contributed by atoms with Crippen LogP contribution >= 0.6 is 0 Å². The van der Waals surface area contributed by atoms with Gasteiger partial charge in [0.1, 0.15) is 6.61 Å². The second-order valence-electron chi connectivity index (χ2n) is 2.84. The highest BCUT2D eigenvalue weighted by atomic mass is 16.7. The third-order valence-electron chi connectivity index (χ3n) is 1.97. The Kier molecular flexibility index (Phi) is 2.21. The SMILES string of the molecule is C#CCOC1OC(=O)c2ccccc21. The molecule has 0 radical (unpaired) electrons. The van der Waals surface area contributed by atoms with E-state index in [1.54, 1.807) is 18.2 Å². The van der Waals surface area contributed by atoms with E-state index in [2.05, 4.69) is 5.92 Å². The molecule has 0 N–H and O–H groups in total. The number of carbonyl (C=O) groups is 1. The van der Waals surface area contributed by atoms with E-state index in [9.17, 15) is 4.79 Å². The fourth-order valence-corrected chi connectivity index (χ4v) is 1.36. The van der Waals surface area contributed by atoms with Gasteiger partial charge in [0.25, 0.3) is 0 Å². The van der Waals surface area contributed by atoms with E-state index >= 15 is 0 Å². The first kappa shape index (κ1) is 8.79. The van der Waals surface area contributed by atoms with Crippen LogP contribution in [0.2, 0.25) is 0 Å². The zero-order chi connectivity index (χ0) is 9.97. The molecule has 1 heterocycles. The third-order valence-corrected chi connectivity index (χ3v) is 1.97. The molecule has 1 aliphatic heterocycles. The summed E-state index contributed by atoms with van der Waals surface area (Å²) in [5, 5.41) is 0. The Bertz CT molecular complexity index is 403. The highest BCUT2D eigenvalue weighted by molar-refractivity contribution is 5.93. The van der Waals surface area contributed by atoms with Crippen LogP contribution in [0.4, 0.5) is 0 Å².